The van der Waals surface area contributed by atoms with Gasteiger partial charge < -0.3 is 0 Å². The first-order valence-corrected chi connectivity index (χ1v) is 3.73. The lowest BCUT2D eigenvalue weighted by molar-refractivity contribution is 0.569. The monoisotopic (exact) mass is 171 g/mol. The second-order valence-corrected chi connectivity index (χ2v) is 3.13. The molecule has 0 radical (unpaired) electrons. The number of benzene rings is 1. The molecule has 0 aliphatic rings. The summed E-state index contributed by atoms with van der Waals surface area (Å²) in [4.78, 5) is 0. The van der Waals surface area contributed by atoms with Crippen LogP contribution in [0.5, 0.6) is 0 Å². The predicted molar refractivity (Wildman–Crippen MR) is 46.9 cm³/mol. The second kappa shape index (κ2) is 3.74. The topological polar surface area (TPSA) is 3.24 Å². The van der Waals surface area contributed by atoms with Crippen molar-refractivity contribution in [1.29, 1.82) is 0 Å². The Morgan fingerprint density at radius 1 is 1.36 bits per heavy atom. The summed E-state index contributed by atoms with van der Waals surface area (Å²) in [6.07, 6.45) is 0. The van der Waals surface area contributed by atoms with E-state index in [0.29, 0.717) is 0 Å². The highest BCUT2D eigenvalue weighted by molar-refractivity contribution is 7.77. The highest BCUT2D eigenvalue weighted by Gasteiger charge is 1.94. The van der Waals surface area contributed by atoms with Gasteiger partial charge in [-0.1, -0.05) is 24.9 Å². The van der Waals surface area contributed by atoms with Crippen molar-refractivity contribution in [2.24, 2.45) is 0 Å². The van der Waals surface area contributed by atoms with Gasteiger partial charge >= 0.3 is 0 Å². The first-order chi connectivity index (χ1) is 5.18. The molecule has 0 aromatic heterocycles. The van der Waals surface area contributed by atoms with Crippen molar-refractivity contribution in [3.05, 3.63) is 35.6 Å². The number of halogens is 1. The van der Waals surface area contributed by atoms with E-state index < -0.39 is 0 Å². The molecule has 1 rings (SSSR count). The van der Waals surface area contributed by atoms with Crippen molar-refractivity contribution in [3.63, 3.8) is 0 Å². The largest absolute Gasteiger partial charge is 0.252 e. The fourth-order valence-corrected chi connectivity index (χ4v) is 1.02. The number of nitrogens with zero attached hydrogens (tertiary/aromatic N) is 1. The fraction of sp³-hybridized carbons (Fsp3) is 0.250. The summed E-state index contributed by atoms with van der Waals surface area (Å²) in [7, 11) is 1.85. The van der Waals surface area contributed by atoms with Crippen LogP contribution in [-0.4, -0.2) is 11.4 Å². The summed E-state index contributed by atoms with van der Waals surface area (Å²) in [5, 5.41) is 0. The average molecular weight is 171 g/mol. The normalized spacial score (nSPS) is 10.5. The minimum atomic E-state index is -0.199. The first kappa shape index (κ1) is 8.56. The molecule has 0 saturated heterocycles. The highest BCUT2D eigenvalue weighted by atomic mass is 32.1. The molecule has 0 heterocycles. The molecule has 1 nitrogen and oxygen atoms in total. The van der Waals surface area contributed by atoms with Crippen LogP contribution in [0.15, 0.2) is 24.3 Å². The molecule has 0 amide bonds. The predicted octanol–water partition coefficient (Wildman–Crippen LogP) is 2.10. The second-order valence-electron chi connectivity index (χ2n) is 2.44. The quantitative estimate of drug-likeness (QED) is 0.667. The van der Waals surface area contributed by atoms with Crippen molar-refractivity contribution in [3.8, 4) is 0 Å². The fourth-order valence-electron chi connectivity index (χ4n) is 0.854. The Labute approximate surface area is 71.4 Å². The summed E-state index contributed by atoms with van der Waals surface area (Å²) in [6, 6.07) is 6.41. The summed E-state index contributed by atoms with van der Waals surface area (Å²) < 4.78 is 14.1. The summed E-state index contributed by atoms with van der Waals surface area (Å²) in [5.74, 6) is -0.199. The van der Waals surface area contributed by atoms with Gasteiger partial charge in [0.15, 0.2) is 0 Å². The molecule has 0 spiro atoms. The maximum atomic E-state index is 12.4. The molecule has 0 unspecified atom stereocenters. The molecular formula is C8H10FNS. The Kier molecular flexibility index (Phi) is 2.91. The smallest absolute Gasteiger partial charge is 0.123 e. The molecular weight excluding hydrogens is 161 g/mol. The van der Waals surface area contributed by atoms with E-state index in [1.165, 1.54) is 12.1 Å². The van der Waals surface area contributed by atoms with Crippen LogP contribution in [0.4, 0.5) is 4.39 Å². The minimum Gasteiger partial charge on any atom is -0.252 e. The third-order valence-corrected chi connectivity index (χ3v) is 1.47. The molecule has 1 aromatic rings. The zero-order valence-corrected chi connectivity index (χ0v) is 7.18. The lowest BCUT2D eigenvalue weighted by Crippen LogP contribution is -2.03. The Bertz CT molecular complexity index is 220. The maximum Gasteiger partial charge on any atom is 0.123 e. The molecule has 1 aromatic carbocycles. The lowest BCUT2D eigenvalue weighted by atomic mass is 10.2. The standard InChI is InChI=1S/C8H10FNS/c1-10(11)6-7-2-4-8(9)5-3-7/h2-5,11H,6H2,1H3. The first-order valence-electron chi connectivity index (χ1n) is 3.33. The zero-order valence-electron chi connectivity index (χ0n) is 6.29. The summed E-state index contributed by atoms with van der Waals surface area (Å²) in [5.41, 5.74) is 1.06. The molecule has 3 heteroatoms. The third kappa shape index (κ3) is 2.91. The van der Waals surface area contributed by atoms with Crippen LogP contribution in [0, 0.1) is 5.82 Å². The maximum absolute atomic E-state index is 12.4. The molecule has 0 fully saturated rings. The molecule has 0 aliphatic carbocycles. The molecule has 0 saturated carbocycles. The highest BCUT2D eigenvalue weighted by Crippen LogP contribution is 2.05. The summed E-state index contributed by atoms with van der Waals surface area (Å²) >= 11 is 4.07. The lowest BCUT2D eigenvalue weighted by Gasteiger charge is -2.07. The summed E-state index contributed by atoms with van der Waals surface area (Å²) in [6.45, 7) is 0.726. The SMILES string of the molecule is CN(S)Cc1ccc(F)cc1. The van der Waals surface area contributed by atoms with Crippen LogP contribution < -0.4 is 0 Å². The minimum absolute atomic E-state index is 0.199. The van der Waals surface area contributed by atoms with Gasteiger partial charge in [0, 0.05) is 6.54 Å². The molecule has 11 heavy (non-hydrogen) atoms. The molecule has 0 bridgehead atoms. The van der Waals surface area contributed by atoms with Gasteiger partial charge in [0.1, 0.15) is 5.82 Å². The molecule has 0 atom stereocenters. The number of hydrogen-bond donors (Lipinski definition) is 1. The van der Waals surface area contributed by atoms with Crippen LogP contribution in [0.1, 0.15) is 5.56 Å². The Hall–Kier alpha value is -0.540. The molecule has 0 N–H and O–H groups in total. The van der Waals surface area contributed by atoms with E-state index in [4.69, 9.17) is 0 Å². The van der Waals surface area contributed by atoms with Gasteiger partial charge in [0.2, 0.25) is 0 Å². The van der Waals surface area contributed by atoms with Crippen molar-refractivity contribution in [2.75, 3.05) is 7.05 Å². The van der Waals surface area contributed by atoms with Gasteiger partial charge in [-0.25, -0.2) is 4.39 Å². The zero-order chi connectivity index (χ0) is 8.27. The van der Waals surface area contributed by atoms with E-state index >= 15 is 0 Å². The van der Waals surface area contributed by atoms with E-state index in [-0.39, 0.29) is 5.82 Å². The van der Waals surface area contributed by atoms with Crippen LogP contribution >= 0.6 is 12.8 Å². The Morgan fingerprint density at radius 2 is 1.91 bits per heavy atom. The van der Waals surface area contributed by atoms with E-state index in [9.17, 15) is 4.39 Å². The number of thiol groups is 1. The Morgan fingerprint density at radius 3 is 2.36 bits per heavy atom. The third-order valence-electron chi connectivity index (χ3n) is 1.32. The van der Waals surface area contributed by atoms with Crippen LogP contribution in [0.3, 0.4) is 0 Å². The van der Waals surface area contributed by atoms with Gasteiger partial charge in [0.25, 0.3) is 0 Å². The van der Waals surface area contributed by atoms with Crippen LogP contribution in [0.25, 0.3) is 0 Å². The van der Waals surface area contributed by atoms with Gasteiger partial charge in [-0.05, 0) is 24.7 Å². The molecule has 0 aliphatic heterocycles. The van der Waals surface area contributed by atoms with E-state index in [2.05, 4.69) is 12.8 Å². The average Bonchev–Trinajstić information content (AvgIpc) is 1.93. The van der Waals surface area contributed by atoms with Crippen molar-refractivity contribution < 1.29 is 4.39 Å². The van der Waals surface area contributed by atoms with Crippen LogP contribution in [0.2, 0.25) is 0 Å². The van der Waals surface area contributed by atoms with Crippen molar-refractivity contribution in [2.45, 2.75) is 6.54 Å². The van der Waals surface area contributed by atoms with Gasteiger partial charge in [0.05, 0.1) is 0 Å². The van der Waals surface area contributed by atoms with Crippen molar-refractivity contribution in [1.82, 2.24) is 4.31 Å². The van der Waals surface area contributed by atoms with Gasteiger partial charge in [-0.2, -0.15) is 0 Å². The van der Waals surface area contributed by atoms with Gasteiger partial charge in [-0.3, -0.25) is 4.31 Å². The van der Waals surface area contributed by atoms with E-state index in [1.807, 2.05) is 7.05 Å². The van der Waals surface area contributed by atoms with Gasteiger partial charge in [-0.15, -0.1) is 0 Å². The number of hydrogen-bond acceptors (Lipinski definition) is 2. The van der Waals surface area contributed by atoms with Crippen LogP contribution in [-0.2, 0) is 6.54 Å². The number of rotatable bonds is 2. The van der Waals surface area contributed by atoms with E-state index in [0.717, 1.165) is 12.1 Å². The van der Waals surface area contributed by atoms with E-state index in [1.54, 1.807) is 16.4 Å². The van der Waals surface area contributed by atoms with Crippen molar-refractivity contribution >= 4 is 12.8 Å². The molecule has 60 valence electrons. The Balaban J connectivity index is 2.66.